The first-order chi connectivity index (χ1) is 8.36. The second-order valence-electron chi connectivity index (χ2n) is 4.35. The SMILES string of the molecule is CC1OCCC1SCCNCCc1cccs1. The zero-order valence-corrected chi connectivity index (χ0v) is 12.0. The molecule has 96 valence electrons. The molecule has 1 aliphatic rings. The highest BCUT2D eigenvalue weighted by molar-refractivity contribution is 8.00. The number of hydrogen-bond donors (Lipinski definition) is 1. The van der Waals surface area contributed by atoms with E-state index < -0.39 is 0 Å². The largest absolute Gasteiger partial charge is 0.377 e. The van der Waals surface area contributed by atoms with Crippen LogP contribution in [0.3, 0.4) is 0 Å². The van der Waals surface area contributed by atoms with Gasteiger partial charge in [0.05, 0.1) is 6.10 Å². The van der Waals surface area contributed by atoms with E-state index in [1.165, 1.54) is 17.1 Å². The molecule has 1 aromatic heterocycles. The third kappa shape index (κ3) is 4.62. The molecule has 4 heteroatoms. The van der Waals surface area contributed by atoms with E-state index in [4.69, 9.17) is 4.74 Å². The summed E-state index contributed by atoms with van der Waals surface area (Å²) in [5.74, 6) is 1.20. The summed E-state index contributed by atoms with van der Waals surface area (Å²) in [4.78, 5) is 1.47. The summed E-state index contributed by atoms with van der Waals surface area (Å²) in [5, 5.41) is 6.37. The summed E-state index contributed by atoms with van der Waals surface area (Å²) in [7, 11) is 0. The molecular formula is C13H21NOS2. The highest BCUT2D eigenvalue weighted by Crippen LogP contribution is 2.25. The fourth-order valence-electron chi connectivity index (χ4n) is 2.00. The molecule has 1 aliphatic heterocycles. The van der Waals surface area contributed by atoms with Crippen LogP contribution in [-0.4, -0.2) is 36.8 Å². The molecule has 2 atom stereocenters. The van der Waals surface area contributed by atoms with Gasteiger partial charge in [-0.15, -0.1) is 11.3 Å². The second kappa shape index (κ2) is 7.41. The van der Waals surface area contributed by atoms with Gasteiger partial charge in [0.1, 0.15) is 0 Å². The Morgan fingerprint density at radius 3 is 3.18 bits per heavy atom. The van der Waals surface area contributed by atoms with E-state index >= 15 is 0 Å². The lowest BCUT2D eigenvalue weighted by Gasteiger charge is -2.13. The van der Waals surface area contributed by atoms with Crippen molar-refractivity contribution in [2.75, 3.05) is 25.4 Å². The summed E-state index contributed by atoms with van der Waals surface area (Å²) in [6.45, 7) is 5.34. The van der Waals surface area contributed by atoms with Crippen LogP contribution in [0.2, 0.25) is 0 Å². The maximum absolute atomic E-state index is 5.55. The molecule has 2 rings (SSSR count). The van der Waals surface area contributed by atoms with Gasteiger partial charge in [-0.2, -0.15) is 11.8 Å². The molecule has 2 nitrogen and oxygen atoms in total. The second-order valence-corrected chi connectivity index (χ2v) is 6.73. The Morgan fingerprint density at radius 2 is 2.47 bits per heavy atom. The van der Waals surface area contributed by atoms with Crippen molar-refractivity contribution in [2.24, 2.45) is 0 Å². The van der Waals surface area contributed by atoms with Gasteiger partial charge in [0.25, 0.3) is 0 Å². The van der Waals surface area contributed by atoms with Crippen molar-refractivity contribution in [1.29, 1.82) is 0 Å². The van der Waals surface area contributed by atoms with Crippen molar-refractivity contribution in [3.05, 3.63) is 22.4 Å². The van der Waals surface area contributed by atoms with E-state index in [0.717, 1.165) is 26.1 Å². The van der Waals surface area contributed by atoms with Crippen molar-refractivity contribution >= 4 is 23.1 Å². The first-order valence-corrected chi connectivity index (χ1v) is 8.25. The Kier molecular flexibility index (Phi) is 5.85. The highest BCUT2D eigenvalue weighted by atomic mass is 32.2. The van der Waals surface area contributed by atoms with Crippen LogP contribution in [0.1, 0.15) is 18.2 Å². The number of rotatable bonds is 7. The quantitative estimate of drug-likeness (QED) is 0.771. The Hall–Kier alpha value is -0.0300. The fourth-order valence-corrected chi connectivity index (χ4v) is 3.89. The molecule has 0 aliphatic carbocycles. The van der Waals surface area contributed by atoms with Gasteiger partial charge in [-0.3, -0.25) is 0 Å². The molecule has 0 saturated carbocycles. The molecule has 0 bridgehead atoms. The fraction of sp³-hybridized carbons (Fsp3) is 0.692. The third-order valence-corrected chi connectivity index (χ3v) is 5.47. The van der Waals surface area contributed by atoms with E-state index in [-0.39, 0.29) is 0 Å². The van der Waals surface area contributed by atoms with Crippen LogP contribution in [0.4, 0.5) is 0 Å². The Morgan fingerprint density at radius 1 is 1.53 bits per heavy atom. The Bertz CT molecular complexity index is 302. The van der Waals surface area contributed by atoms with Gasteiger partial charge in [0.15, 0.2) is 0 Å². The summed E-state index contributed by atoms with van der Waals surface area (Å²) in [6, 6.07) is 4.33. The molecular weight excluding hydrogens is 250 g/mol. The molecule has 1 fully saturated rings. The first kappa shape index (κ1) is 13.4. The van der Waals surface area contributed by atoms with Crippen LogP contribution >= 0.6 is 23.1 Å². The van der Waals surface area contributed by atoms with Crippen LogP contribution in [0.15, 0.2) is 17.5 Å². The first-order valence-electron chi connectivity index (χ1n) is 6.32. The molecule has 0 aromatic carbocycles. The minimum atomic E-state index is 0.450. The van der Waals surface area contributed by atoms with E-state index in [1.54, 1.807) is 0 Å². The summed E-state index contributed by atoms with van der Waals surface area (Å²) in [5.41, 5.74) is 0. The average molecular weight is 271 g/mol. The van der Waals surface area contributed by atoms with Crippen LogP contribution < -0.4 is 5.32 Å². The van der Waals surface area contributed by atoms with Crippen molar-refractivity contribution < 1.29 is 4.74 Å². The maximum Gasteiger partial charge on any atom is 0.0666 e. The predicted molar refractivity (Wildman–Crippen MR) is 77.2 cm³/mol. The van der Waals surface area contributed by atoms with Crippen LogP contribution in [0.25, 0.3) is 0 Å². The molecule has 1 aromatic rings. The number of hydrogen-bond acceptors (Lipinski definition) is 4. The predicted octanol–water partition coefficient (Wildman–Crippen LogP) is 2.79. The van der Waals surface area contributed by atoms with Gasteiger partial charge in [-0.1, -0.05) is 6.07 Å². The van der Waals surface area contributed by atoms with Crippen molar-refractivity contribution in [3.8, 4) is 0 Å². The minimum absolute atomic E-state index is 0.450. The lowest BCUT2D eigenvalue weighted by Crippen LogP contribution is -2.22. The summed E-state index contributed by atoms with van der Waals surface area (Å²) < 4.78 is 5.55. The van der Waals surface area contributed by atoms with E-state index in [1.807, 2.05) is 11.3 Å². The normalized spacial score (nSPS) is 24.3. The maximum atomic E-state index is 5.55. The van der Waals surface area contributed by atoms with E-state index in [9.17, 15) is 0 Å². The zero-order chi connectivity index (χ0) is 11.9. The molecule has 1 N–H and O–H groups in total. The number of ether oxygens (including phenoxy) is 1. The highest BCUT2D eigenvalue weighted by Gasteiger charge is 2.23. The molecule has 2 unspecified atom stereocenters. The van der Waals surface area contributed by atoms with Gasteiger partial charge >= 0.3 is 0 Å². The van der Waals surface area contributed by atoms with Gasteiger partial charge in [0, 0.05) is 29.0 Å². The molecule has 2 heterocycles. The van der Waals surface area contributed by atoms with Gasteiger partial charge in [0.2, 0.25) is 0 Å². The minimum Gasteiger partial charge on any atom is -0.377 e. The lowest BCUT2D eigenvalue weighted by molar-refractivity contribution is 0.127. The summed E-state index contributed by atoms with van der Waals surface area (Å²) >= 11 is 3.90. The van der Waals surface area contributed by atoms with Gasteiger partial charge in [-0.25, -0.2) is 0 Å². The van der Waals surface area contributed by atoms with Crippen LogP contribution in [-0.2, 0) is 11.2 Å². The van der Waals surface area contributed by atoms with Gasteiger partial charge < -0.3 is 10.1 Å². The van der Waals surface area contributed by atoms with Crippen molar-refractivity contribution in [3.63, 3.8) is 0 Å². The third-order valence-electron chi connectivity index (χ3n) is 3.05. The Balaban J connectivity index is 1.46. The van der Waals surface area contributed by atoms with Crippen molar-refractivity contribution in [1.82, 2.24) is 5.32 Å². The zero-order valence-electron chi connectivity index (χ0n) is 10.4. The molecule has 0 spiro atoms. The van der Waals surface area contributed by atoms with Crippen molar-refractivity contribution in [2.45, 2.75) is 31.1 Å². The number of thiophene rings is 1. The lowest BCUT2D eigenvalue weighted by atomic mass is 10.3. The van der Waals surface area contributed by atoms with Gasteiger partial charge in [-0.05, 0) is 37.8 Å². The molecule has 17 heavy (non-hydrogen) atoms. The molecule has 0 radical (unpaired) electrons. The smallest absolute Gasteiger partial charge is 0.0666 e. The Labute approximate surface area is 112 Å². The summed E-state index contributed by atoms with van der Waals surface area (Å²) in [6.07, 6.45) is 2.83. The number of nitrogens with one attached hydrogen (secondary N) is 1. The monoisotopic (exact) mass is 271 g/mol. The van der Waals surface area contributed by atoms with Crippen LogP contribution in [0.5, 0.6) is 0 Å². The molecule has 0 amide bonds. The van der Waals surface area contributed by atoms with E-state index in [2.05, 4.69) is 41.5 Å². The number of thioether (sulfide) groups is 1. The molecule has 1 saturated heterocycles. The topological polar surface area (TPSA) is 21.3 Å². The van der Waals surface area contributed by atoms with E-state index in [0.29, 0.717) is 11.4 Å². The average Bonchev–Trinajstić information content (AvgIpc) is 2.95. The van der Waals surface area contributed by atoms with Crippen LogP contribution in [0, 0.1) is 0 Å². The standard InChI is InChI=1S/C13H21NOS2/c1-11-13(5-8-15-11)17-10-7-14-6-4-12-3-2-9-16-12/h2-3,9,11,13-14H,4-8,10H2,1H3.